The summed E-state index contributed by atoms with van der Waals surface area (Å²) in [5.41, 5.74) is 8.62. The second-order valence-electron chi connectivity index (χ2n) is 8.60. The third-order valence-electron chi connectivity index (χ3n) is 6.26. The number of nitriles is 1. The third-order valence-corrected chi connectivity index (χ3v) is 6.26. The minimum absolute atomic E-state index is 0.0262. The van der Waals surface area contributed by atoms with Crippen LogP contribution in [-0.4, -0.2) is 43.6 Å². The number of nitrogens with one attached hydrogen (secondary N) is 1. The quantitative estimate of drug-likeness (QED) is 0.412. The van der Waals surface area contributed by atoms with E-state index in [4.69, 9.17) is 10.8 Å². The number of piperidine rings is 1. The Morgan fingerprint density at radius 2 is 2.00 bits per heavy atom. The van der Waals surface area contributed by atoms with Crippen molar-refractivity contribution in [3.8, 4) is 17.5 Å². The number of carbonyl (C=O) groups is 1. The lowest BCUT2D eigenvalue weighted by Gasteiger charge is -2.28. The van der Waals surface area contributed by atoms with Crippen LogP contribution in [0.5, 0.6) is 0 Å². The number of carbonyl (C=O) groups excluding carboxylic acids is 1. The predicted octanol–water partition coefficient (Wildman–Crippen LogP) is 3.40. The number of halogens is 2. The van der Waals surface area contributed by atoms with Crippen LogP contribution in [-0.2, 0) is 6.54 Å². The SMILES string of the molecule is N#CN1CCCC(n2nc(-c3ccc(CNC(=O)c4cc(F)ccc4F)cc3)c3c(N)ncnc32)C1. The van der Waals surface area contributed by atoms with E-state index in [-0.39, 0.29) is 18.2 Å². The highest BCUT2D eigenvalue weighted by atomic mass is 19.1. The molecule has 1 aliphatic heterocycles. The minimum atomic E-state index is -0.789. The summed E-state index contributed by atoms with van der Waals surface area (Å²) in [6, 6.07) is 10.0. The van der Waals surface area contributed by atoms with E-state index in [1.165, 1.54) is 6.33 Å². The Labute approximate surface area is 205 Å². The van der Waals surface area contributed by atoms with Crippen LogP contribution in [0.2, 0.25) is 0 Å². The Balaban J connectivity index is 1.39. The maximum Gasteiger partial charge on any atom is 0.254 e. The van der Waals surface area contributed by atoms with Crippen LogP contribution in [0.4, 0.5) is 14.6 Å². The monoisotopic (exact) mass is 488 g/mol. The molecule has 1 fully saturated rings. The number of hydrogen-bond donors (Lipinski definition) is 2. The zero-order valence-electron chi connectivity index (χ0n) is 19.2. The average Bonchev–Trinajstić information content (AvgIpc) is 3.30. The van der Waals surface area contributed by atoms with E-state index in [1.54, 1.807) is 17.0 Å². The molecule has 0 bridgehead atoms. The third kappa shape index (κ3) is 4.40. The van der Waals surface area contributed by atoms with Gasteiger partial charge in [0.2, 0.25) is 0 Å². The zero-order valence-corrected chi connectivity index (χ0v) is 19.2. The molecule has 1 unspecified atom stereocenters. The Kier molecular flexibility index (Phi) is 6.16. The average molecular weight is 489 g/mol. The lowest BCUT2D eigenvalue weighted by molar-refractivity contribution is 0.0946. The summed E-state index contributed by atoms with van der Waals surface area (Å²) in [5.74, 6) is -1.87. The first-order chi connectivity index (χ1) is 17.4. The molecule has 0 saturated carbocycles. The summed E-state index contributed by atoms with van der Waals surface area (Å²) in [5, 5.41) is 17.4. The number of benzene rings is 2. The second kappa shape index (κ2) is 9.58. The molecular formula is C25H22F2N8O. The number of hydrogen-bond acceptors (Lipinski definition) is 7. The van der Waals surface area contributed by atoms with E-state index in [0.29, 0.717) is 29.1 Å². The van der Waals surface area contributed by atoms with Crippen LogP contribution < -0.4 is 11.1 Å². The smallest absolute Gasteiger partial charge is 0.254 e. The lowest BCUT2D eigenvalue weighted by atomic mass is 10.1. The molecule has 1 saturated heterocycles. The second-order valence-corrected chi connectivity index (χ2v) is 8.60. The van der Waals surface area contributed by atoms with Crippen molar-refractivity contribution in [3.63, 3.8) is 0 Å². The summed E-state index contributed by atoms with van der Waals surface area (Å²) in [6.45, 7) is 1.39. The van der Waals surface area contributed by atoms with Crippen LogP contribution in [0.15, 0.2) is 48.8 Å². The van der Waals surface area contributed by atoms with Crippen molar-refractivity contribution in [3.05, 3.63) is 71.6 Å². The molecule has 2 aromatic heterocycles. The number of amides is 1. The molecule has 3 N–H and O–H groups in total. The molecular weight excluding hydrogens is 466 g/mol. The Morgan fingerprint density at radius 3 is 2.78 bits per heavy atom. The summed E-state index contributed by atoms with van der Waals surface area (Å²) in [7, 11) is 0. The first-order valence-electron chi connectivity index (χ1n) is 11.4. The van der Waals surface area contributed by atoms with Gasteiger partial charge in [-0.1, -0.05) is 24.3 Å². The van der Waals surface area contributed by atoms with Crippen LogP contribution in [0.3, 0.4) is 0 Å². The maximum absolute atomic E-state index is 13.8. The minimum Gasteiger partial charge on any atom is -0.383 e. The van der Waals surface area contributed by atoms with Gasteiger partial charge in [-0.05, 0) is 36.6 Å². The summed E-state index contributed by atoms with van der Waals surface area (Å²) in [6.07, 6.45) is 5.34. The maximum atomic E-state index is 13.8. The van der Waals surface area contributed by atoms with E-state index in [1.807, 2.05) is 16.8 Å². The molecule has 9 nitrogen and oxygen atoms in total. The van der Waals surface area contributed by atoms with Crippen molar-refractivity contribution in [2.24, 2.45) is 0 Å². The fourth-order valence-corrected chi connectivity index (χ4v) is 4.43. The fourth-order valence-electron chi connectivity index (χ4n) is 4.43. The molecule has 11 heteroatoms. The normalized spacial score (nSPS) is 15.6. The summed E-state index contributed by atoms with van der Waals surface area (Å²) < 4.78 is 29.1. The van der Waals surface area contributed by atoms with Crippen molar-refractivity contribution in [1.29, 1.82) is 5.26 Å². The van der Waals surface area contributed by atoms with E-state index < -0.39 is 17.5 Å². The number of fused-ring (bicyclic) bond motifs is 1. The molecule has 4 aromatic rings. The van der Waals surface area contributed by atoms with E-state index >= 15 is 0 Å². The van der Waals surface area contributed by atoms with Crippen molar-refractivity contribution in [2.45, 2.75) is 25.4 Å². The van der Waals surface area contributed by atoms with Gasteiger partial charge in [-0.2, -0.15) is 10.4 Å². The van der Waals surface area contributed by atoms with Crippen molar-refractivity contribution in [2.75, 3.05) is 18.8 Å². The standard InChI is InChI=1S/C25H22F2N8O/c26-17-7-8-20(27)19(10-17)25(36)30-11-15-3-5-16(6-4-15)22-21-23(29)31-14-32-24(21)35(33-22)18-2-1-9-34(12-18)13-28/h3-8,10,14,18H,1-2,9,11-12H2,(H,30,36)(H2,29,31,32). The van der Waals surface area contributed by atoms with Gasteiger partial charge in [-0.3, -0.25) is 4.79 Å². The van der Waals surface area contributed by atoms with Crippen molar-refractivity contribution in [1.82, 2.24) is 30.0 Å². The molecule has 5 rings (SSSR count). The number of likely N-dealkylation sites (tertiary alicyclic amines) is 1. The van der Waals surface area contributed by atoms with Gasteiger partial charge in [0.05, 0.1) is 23.5 Å². The lowest BCUT2D eigenvalue weighted by Crippen LogP contribution is -2.33. The Morgan fingerprint density at radius 1 is 1.19 bits per heavy atom. The number of anilines is 1. The first-order valence-corrected chi connectivity index (χ1v) is 11.4. The van der Waals surface area contributed by atoms with Crippen LogP contribution in [0.1, 0.15) is 34.8 Å². The van der Waals surface area contributed by atoms with Gasteiger partial charge in [0.1, 0.15) is 29.5 Å². The summed E-state index contributed by atoms with van der Waals surface area (Å²) in [4.78, 5) is 22.6. The molecule has 182 valence electrons. The Hall–Kier alpha value is -4.59. The van der Waals surface area contributed by atoms with Crippen LogP contribution in [0, 0.1) is 23.1 Å². The first kappa shape index (κ1) is 23.2. The predicted molar refractivity (Wildman–Crippen MR) is 128 cm³/mol. The highest BCUT2D eigenvalue weighted by Gasteiger charge is 2.26. The highest BCUT2D eigenvalue weighted by Crippen LogP contribution is 2.33. The van der Waals surface area contributed by atoms with Gasteiger partial charge in [-0.25, -0.2) is 23.4 Å². The molecule has 2 aromatic carbocycles. The molecule has 0 spiro atoms. The number of nitrogens with zero attached hydrogens (tertiary/aromatic N) is 6. The number of rotatable bonds is 5. The topological polar surface area (TPSA) is 126 Å². The molecule has 3 heterocycles. The van der Waals surface area contributed by atoms with Gasteiger partial charge < -0.3 is 16.0 Å². The fraction of sp³-hybridized carbons (Fsp3) is 0.240. The van der Waals surface area contributed by atoms with Crippen LogP contribution >= 0.6 is 0 Å². The molecule has 0 radical (unpaired) electrons. The summed E-state index contributed by atoms with van der Waals surface area (Å²) >= 11 is 0. The van der Waals surface area contributed by atoms with E-state index in [9.17, 15) is 18.8 Å². The molecule has 1 aliphatic rings. The van der Waals surface area contributed by atoms with Gasteiger partial charge in [-0.15, -0.1) is 0 Å². The number of aromatic nitrogens is 4. The van der Waals surface area contributed by atoms with Crippen molar-refractivity contribution < 1.29 is 13.6 Å². The van der Waals surface area contributed by atoms with Crippen LogP contribution in [0.25, 0.3) is 22.3 Å². The highest BCUT2D eigenvalue weighted by molar-refractivity contribution is 5.98. The molecule has 36 heavy (non-hydrogen) atoms. The molecule has 1 atom stereocenters. The van der Waals surface area contributed by atoms with Crippen molar-refractivity contribution >= 4 is 22.8 Å². The van der Waals surface area contributed by atoms with E-state index in [2.05, 4.69) is 21.5 Å². The van der Waals surface area contributed by atoms with Gasteiger partial charge in [0, 0.05) is 18.7 Å². The molecule has 1 amide bonds. The molecule has 0 aliphatic carbocycles. The Bertz CT molecular complexity index is 1480. The largest absolute Gasteiger partial charge is 0.383 e. The van der Waals surface area contributed by atoms with Gasteiger partial charge >= 0.3 is 0 Å². The van der Waals surface area contributed by atoms with Gasteiger partial charge in [0.25, 0.3) is 5.91 Å². The number of nitrogen functional groups attached to an aromatic ring is 1. The van der Waals surface area contributed by atoms with E-state index in [0.717, 1.165) is 48.7 Å². The number of nitrogens with two attached hydrogens (primary N) is 1. The zero-order chi connectivity index (χ0) is 25.2. The van der Waals surface area contributed by atoms with Gasteiger partial charge in [0.15, 0.2) is 11.8 Å².